The van der Waals surface area contributed by atoms with E-state index in [9.17, 15) is 5.26 Å². The quantitative estimate of drug-likeness (QED) is 0.0527. The van der Waals surface area contributed by atoms with Gasteiger partial charge in [0.05, 0.1) is 46.3 Å². The van der Waals surface area contributed by atoms with E-state index >= 15 is 4.39 Å². The molecule has 0 amide bonds. The highest BCUT2D eigenvalue weighted by atomic mass is 31.2. The van der Waals surface area contributed by atoms with Gasteiger partial charge in [0.1, 0.15) is 41.2 Å². The standard InChI is InChI=1S/C41H49FN7O6P/c1-27(2)49(28(3)4)56(53-23-11-22-43)55-37-34(54-40(35(37)42)48-26-47-36-38(44-5)45-25-46-39(36)48)24-52-41(29-12-9-8-10-13-29,30-14-18-32(50-6)19-15-30)31-16-20-33(51-7)21-17-31/h8-10,12-21,25-28,34-35,37,40H,11,23-24H2,1-7H3,(H,44,45,46)/t34-,35+,37-,40-,56?/m1/s1. The molecule has 13 nitrogen and oxygen atoms in total. The van der Waals surface area contributed by atoms with Crippen LogP contribution < -0.4 is 14.8 Å². The number of ether oxygens (including phenoxy) is 4. The van der Waals surface area contributed by atoms with Gasteiger partial charge in [-0.15, -0.1) is 0 Å². The van der Waals surface area contributed by atoms with Crippen LogP contribution in [0.1, 0.15) is 57.0 Å². The molecule has 1 saturated heterocycles. The van der Waals surface area contributed by atoms with Crippen molar-refractivity contribution < 1.29 is 32.4 Å². The van der Waals surface area contributed by atoms with E-state index in [1.165, 1.54) is 12.7 Å². The fourth-order valence-electron chi connectivity index (χ4n) is 7.08. The third kappa shape index (κ3) is 8.34. The molecule has 1 fully saturated rings. The Hall–Kier alpha value is -4.74. The molecule has 1 aliphatic rings. The normalized spacial score (nSPS) is 19.1. The first-order valence-electron chi connectivity index (χ1n) is 18.5. The van der Waals surface area contributed by atoms with Gasteiger partial charge in [0, 0.05) is 19.1 Å². The number of imidazole rings is 1. The molecule has 1 unspecified atom stereocenters. The lowest BCUT2D eigenvalue weighted by molar-refractivity contribution is -0.0919. The number of nitriles is 1. The van der Waals surface area contributed by atoms with Gasteiger partial charge in [-0.2, -0.15) is 5.26 Å². The maximum atomic E-state index is 17.4. The summed E-state index contributed by atoms with van der Waals surface area (Å²) in [5.74, 6) is 1.87. The van der Waals surface area contributed by atoms with Crippen LogP contribution in [-0.4, -0.2) is 89.1 Å². The number of methoxy groups -OCH3 is 2. The van der Waals surface area contributed by atoms with Crippen molar-refractivity contribution in [3.63, 3.8) is 0 Å². The minimum atomic E-state index is -1.86. The fraction of sp³-hybridized carbons (Fsp3) is 0.415. The van der Waals surface area contributed by atoms with Crippen LogP contribution in [0, 0.1) is 11.3 Å². The second-order valence-electron chi connectivity index (χ2n) is 13.7. The van der Waals surface area contributed by atoms with E-state index in [1.807, 2.05) is 107 Å². The van der Waals surface area contributed by atoms with Gasteiger partial charge in [-0.1, -0.05) is 54.6 Å². The molecule has 6 rings (SSSR count). The molecule has 15 heteroatoms. The first-order valence-corrected chi connectivity index (χ1v) is 19.7. The predicted molar refractivity (Wildman–Crippen MR) is 212 cm³/mol. The van der Waals surface area contributed by atoms with Crippen molar-refractivity contribution in [3.05, 3.63) is 108 Å². The summed E-state index contributed by atoms with van der Waals surface area (Å²) in [6.45, 7) is 8.13. The fourth-order valence-corrected chi connectivity index (χ4v) is 8.84. The van der Waals surface area contributed by atoms with Gasteiger partial charge in [0.2, 0.25) is 0 Å². The average molecular weight is 786 g/mol. The first kappa shape index (κ1) is 40.9. The summed E-state index contributed by atoms with van der Waals surface area (Å²) in [6.07, 6.45) is -1.98. The third-order valence-corrected chi connectivity index (χ3v) is 11.8. The molecular formula is C41H49FN7O6P. The summed E-state index contributed by atoms with van der Waals surface area (Å²) in [5.41, 5.74) is 2.11. The molecule has 0 saturated carbocycles. The second-order valence-corrected chi connectivity index (χ2v) is 15.1. The van der Waals surface area contributed by atoms with Crippen LogP contribution in [-0.2, 0) is 24.1 Å². The summed E-state index contributed by atoms with van der Waals surface area (Å²) >= 11 is 0. The van der Waals surface area contributed by atoms with Crippen LogP contribution in [0.15, 0.2) is 91.5 Å². The first-order chi connectivity index (χ1) is 27.2. The number of halogens is 1. The van der Waals surface area contributed by atoms with Crippen LogP contribution in [0.4, 0.5) is 10.2 Å². The highest BCUT2D eigenvalue weighted by molar-refractivity contribution is 7.44. The number of fused-ring (bicyclic) bond motifs is 1. The Morgan fingerprint density at radius 3 is 2.07 bits per heavy atom. The van der Waals surface area contributed by atoms with E-state index in [2.05, 4.69) is 31.0 Å². The van der Waals surface area contributed by atoms with Gasteiger partial charge < -0.3 is 33.3 Å². The Balaban J connectivity index is 1.46. The number of rotatable bonds is 18. The maximum absolute atomic E-state index is 17.4. The number of hydrogen-bond acceptors (Lipinski definition) is 12. The summed E-state index contributed by atoms with van der Waals surface area (Å²) < 4.78 is 59.0. The molecule has 5 atom stereocenters. The molecule has 0 aliphatic carbocycles. The lowest BCUT2D eigenvalue weighted by Gasteiger charge is -2.39. The van der Waals surface area contributed by atoms with E-state index in [-0.39, 0.29) is 31.7 Å². The van der Waals surface area contributed by atoms with Gasteiger partial charge in [-0.25, -0.2) is 24.0 Å². The topological polar surface area (TPSA) is 138 Å². The molecule has 3 aromatic carbocycles. The lowest BCUT2D eigenvalue weighted by atomic mass is 9.80. The number of hydrogen-bond donors (Lipinski definition) is 1. The number of benzene rings is 3. The summed E-state index contributed by atoms with van der Waals surface area (Å²) in [7, 11) is 3.11. The Morgan fingerprint density at radius 1 is 0.911 bits per heavy atom. The molecule has 1 N–H and O–H groups in total. The monoisotopic (exact) mass is 785 g/mol. The van der Waals surface area contributed by atoms with Gasteiger partial charge >= 0.3 is 0 Å². The minimum Gasteiger partial charge on any atom is -0.497 e. The van der Waals surface area contributed by atoms with Gasteiger partial charge in [-0.3, -0.25) is 4.57 Å². The largest absolute Gasteiger partial charge is 0.497 e. The summed E-state index contributed by atoms with van der Waals surface area (Å²) in [4.78, 5) is 13.2. The van der Waals surface area contributed by atoms with Crippen molar-refractivity contribution in [2.75, 3.05) is 39.8 Å². The van der Waals surface area contributed by atoms with E-state index in [0.29, 0.717) is 28.5 Å². The second kappa shape index (κ2) is 18.5. The van der Waals surface area contributed by atoms with Crippen LogP contribution in [0.25, 0.3) is 11.2 Å². The molecule has 56 heavy (non-hydrogen) atoms. The van der Waals surface area contributed by atoms with Crippen molar-refractivity contribution in [1.82, 2.24) is 24.2 Å². The molecule has 2 aromatic heterocycles. The number of anilines is 1. The third-order valence-electron chi connectivity index (χ3n) is 9.65. The van der Waals surface area contributed by atoms with Crippen LogP contribution in [0.5, 0.6) is 11.5 Å². The van der Waals surface area contributed by atoms with Crippen molar-refractivity contribution in [3.8, 4) is 17.6 Å². The molecule has 3 heterocycles. The molecule has 0 radical (unpaired) electrons. The van der Waals surface area contributed by atoms with E-state index in [1.54, 1.807) is 25.8 Å². The van der Waals surface area contributed by atoms with Crippen LogP contribution in [0.3, 0.4) is 0 Å². The lowest BCUT2D eigenvalue weighted by Crippen LogP contribution is -2.41. The van der Waals surface area contributed by atoms with Crippen molar-refractivity contribution in [2.24, 2.45) is 0 Å². The van der Waals surface area contributed by atoms with Crippen LogP contribution >= 0.6 is 8.53 Å². The Bertz CT molecular complexity index is 1990. The van der Waals surface area contributed by atoms with Crippen molar-refractivity contribution >= 4 is 25.5 Å². The van der Waals surface area contributed by atoms with E-state index < -0.39 is 38.7 Å². The zero-order valence-corrected chi connectivity index (χ0v) is 33.6. The zero-order valence-electron chi connectivity index (χ0n) is 32.7. The Morgan fingerprint density at radius 2 is 1.52 bits per heavy atom. The highest BCUT2D eigenvalue weighted by Crippen LogP contribution is 2.51. The maximum Gasteiger partial charge on any atom is 0.259 e. The van der Waals surface area contributed by atoms with E-state index in [4.69, 9.17) is 28.0 Å². The Kier molecular flexibility index (Phi) is 13.5. The smallest absolute Gasteiger partial charge is 0.259 e. The number of alkyl halides is 1. The summed E-state index contributed by atoms with van der Waals surface area (Å²) in [5, 5.41) is 12.4. The predicted octanol–water partition coefficient (Wildman–Crippen LogP) is 7.79. The molecule has 0 spiro atoms. The van der Waals surface area contributed by atoms with Crippen molar-refractivity contribution in [2.45, 2.75) is 76.4 Å². The Labute approximate surface area is 328 Å². The van der Waals surface area contributed by atoms with Crippen molar-refractivity contribution in [1.29, 1.82) is 5.26 Å². The van der Waals surface area contributed by atoms with Gasteiger partial charge in [0.15, 0.2) is 23.9 Å². The molecular weight excluding hydrogens is 736 g/mol. The van der Waals surface area contributed by atoms with Crippen LogP contribution in [0.2, 0.25) is 0 Å². The molecule has 1 aliphatic heterocycles. The highest BCUT2D eigenvalue weighted by Gasteiger charge is 2.51. The number of nitrogens with one attached hydrogen (secondary N) is 1. The van der Waals surface area contributed by atoms with Gasteiger partial charge in [-0.05, 0) is 68.7 Å². The number of aromatic nitrogens is 4. The number of nitrogens with zero attached hydrogens (tertiary/aromatic N) is 6. The zero-order chi connectivity index (χ0) is 39.8. The minimum absolute atomic E-state index is 0.0146. The SMILES string of the molecule is CNc1ncnc2c1ncn2[C@@H]1O[C@H](COC(c2ccccc2)(c2ccc(OC)cc2)c2ccc(OC)cc2)[C@@H](OP(OCCC#N)N(C(C)C)C(C)C)[C@@H]1F. The average Bonchev–Trinajstić information content (AvgIpc) is 3.78. The van der Waals surface area contributed by atoms with Gasteiger partial charge in [0.25, 0.3) is 8.53 Å². The van der Waals surface area contributed by atoms with E-state index in [0.717, 1.165) is 16.7 Å². The summed E-state index contributed by atoms with van der Waals surface area (Å²) in [6, 6.07) is 27.3. The molecule has 5 aromatic rings. The molecule has 0 bridgehead atoms. The molecule has 296 valence electrons.